The van der Waals surface area contributed by atoms with Gasteiger partial charge in [-0.25, -0.2) is 8.42 Å². The Morgan fingerprint density at radius 1 is 1.29 bits per heavy atom. The molecule has 6 heteroatoms. The summed E-state index contributed by atoms with van der Waals surface area (Å²) in [6.45, 7) is 5.58. The Balaban J connectivity index is 2.09. The number of carbonyl (C=O) groups is 1. The minimum atomic E-state index is -3.06. The molecule has 1 saturated heterocycles. The van der Waals surface area contributed by atoms with Crippen LogP contribution in [0.4, 0.5) is 0 Å². The smallest absolute Gasteiger partial charge is 0.254 e. The Labute approximate surface area is 125 Å². The van der Waals surface area contributed by atoms with Crippen LogP contribution in [0.15, 0.2) is 24.3 Å². The lowest BCUT2D eigenvalue weighted by atomic mass is 10.1. The summed E-state index contributed by atoms with van der Waals surface area (Å²) in [4.78, 5) is 14.2. The minimum Gasteiger partial charge on any atom is -0.372 e. The number of benzene rings is 1. The quantitative estimate of drug-likeness (QED) is 0.848. The molecule has 1 amide bonds. The van der Waals surface area contributed by atoms with Gasteiger partial charge in [0.2, 0.25) is 0 Å². The summed E-state index contributed by atoms with van der Waals surface area (Å²) in [7, 11) is -3.06. The van der Waals surface area contributed by atoms with Gasteiger partial charge >= 0.3 is 0 Å². The number of rotatable bonds is 3. The molecular weight excluding hydrogens is 290 g/mol. The molecule has 0 bridgehead atoms. The van der Waals surface area contributed by atoms with E-state index < -0.39 is 9.84 Å². The van der Waals surface area contributed by atoms with Crippen LogP contribution in [0.25, 0.3) is 0 Å². The SMILES string of the molecule is CC1(C)CN(C(=O)c2ccc(CS(C)(=O)=O)cc2)CCO1. The van der Waals surface area contributed by atoms with E-state index in [0.717, 1.165) is 0 Å². The fraction of sp³-hybridized carbons (Fsp3) is 0.533. The van der Waals surface area contributed by atoms with Gasteiger partial charge in [-0.05, 0) is 31.5 Å². The van der Waals surface area contributed by atoms with Crippen molar-refractivity contribution in [3.8, 4) is 0 Å². The van der Waals surface area contributed by atoms with Gasteiger partial charge < -0.3 is 9.64 Å². The van der Waals surface area contributed by atoms with E-state index in [1.54, 1.807) is 29.2 Å². The number of carbonyl (C=O) groups excluding carboxylic acids is 1. The lowest BCUT2D eigenvalue weighted by Crippen LogP contribution is -2.50. The first-order valence-electron chi connectivity index (χ1n) is 6.86. The highest BCUT2D eigenvalue weighted by molar-refractivity contribution is 7.89. The number of nitrogens with zero attached hydrogens (tertiary/aromatic N) is 1. The molecule has 1 aliphatic rings. The summed E-state index contributed by atoms with van der Waals surface area (Å²) in [5, 5.41) is 0. The van der Waals surface area contributed by atoms with E-state index in [0.29, 0.717) is 30.8 Å². The van der Waals surface area contributed by atoms with E-state index in [1.165, 1.54) is 6.26 Å². The Hall–Kier alpha value is -1.40. The zero-order valence-electron chi connectivity index (χ0n) is 12.6. The van der Waals surface area contributed by atoms with E-state index in [9.17, 15) is 13.2 Å². The largest absolute Gasteiger partial charge is 0.372 e. The van der Waals surface area contributed by atoms with Crippen LogP contribution < -0.4 is 0 Å². The predicted octanol–water partition coefficient (Wildman–Crippen LogP) is 1.48. The van der Waals surface area contributed by atoms with Gasteiger partial charge in [0.05, 0.1) is 18.0 Å². The molecule has 0 aromatic heterocycles. The standard InChI is InChI=1S/C15H21NO4S/c1-15(2)11-16(8-9-20-15)14(17)13-6-4-12(5-7-13)10-21(3,18)19/h4-7H,8-11H2,1-3H3. The van der Waals surface area contributed by atoms with Gasteiger partial charge in [0.15, 0.2) is 9.84 Å². The van der Waals surface area contributed by atoms with E-state index in [2.05, 4.69) is 0 Å². The van der Waals surface area contributed by atoms with Crippen LogP contribution >= 0.6 is 0 Å². The highest BCUT2D eigenvalue weighted by Gasteiger charge is 2.30. The van der Waals surface area contributed by atoms with Crippen molar-refractivity contribution in [2.45, 2.75) is 25.2 Å². The van der Waals surface area contributed by atoms with E-state index in [-0.39, 0.29) is 17.3 Å². The summed E-state index contributed by atoms with van der Waals surface area (Å²) in [6, 6.07) is 6.76. The highest BCUT2D eigenvalue weighted by atomic mass is 32.2. The molecule has 1 aromatic carbocycles. The molecular formula is C15H21NO4S. The number of morpholine rings is 1. The summed E-state index contributed by atoms with van der Waals surface area (Å²) in [5.74, 6) is -0.0521. The van der Waals surface area contributed by atoms with Gasteiger partial charge in [-0.2, -0.15) is 0 Å². The number of hydrogen-bond acceptors (Lipinski definition) is 4. The van der Waals surface area contributed by atoms with Gasteiger partial charge in [0.25, 0.3) is 5.91 Å². The molecule has 0 atom stereocenters. The number of amides is 1. The Morgan fingerprint density at radius 3 is 2.43 bits per heavy atom. The number of sulfone groups is 1. The molecule has 116 valence electrons. The van der Waals surface area contributed by atoms with Crippen molar-refractivity contribution in [3.63, 3.8) is 0 Å². The van der Waals surface area contributed by atoms with E-state index >= 15 is 0 Å². The lowest BCUT2D eigenvalue weighted by Gasteiger charge is -2.38. The molecule has 0 unspecified atom stereocenters. The Morgan fingerprint density at radius 2 is 1.90 bits per heavy atom. The maximum atomic E-state index is 12.4. The van der Waals surface area contributed by atoms with E-state index in [1.807, 2.05) is 13.8 Å². The first-order chi connectivity index (χ1) is 9.66. The zero-order chi connectivity index (χ0) is 15.7. The third-order valence-corrected chi connectivity index (χ3v) is 4.20. The average molecular weight is 311 g/mol. The molecule has 0 N–H and O–H groups in total. The lowest BCUT2D eigenvalue weighted by molar-refractivity contribution is -0.0764. The second-order valence-electron chi connectivity index (χ2n) is 6.10. The normalized spacial score (nSPS) is 18.5. The van der Waals surface area contributed by atoms with Crippen molar-refractivity contribution in [2.75, 3.05) is 26.0 Å². The topological polar surface area (TPSA) is 63.7 Å². The zero-order valence-corrected chi connectivity index (χ0v) is 13.4. The minimum absolute atomic E-state index is 0.00788. The number of hydrogen-bond donors (Lipinski definition) is 0. The molecule has 0 aliphatic carbocycles. The molecule has 5 nitrogen and oxygen atoms in total. The second kappa shape index (κ2) is 5.77. The molecule has 1 aliphatic heterocycles. The average Bonchev–Trinajstić information content (AvgIpc) is 2.36. The molecule has 0 radical (unpaired) electrons. The van der Waals surface area contributed by atoms with Crippen molar-refractivity contribution in [3.05, 3.63) is 35.4 Å². The van der Waals surface area contributed by atoms with Crippen LogP contribution in [0.3, 0.4) is 0 Å². The molecule has 1 aromatic rings. The van der Waals surface area contributed by atoms with Crippen LogP contribution in [0.5, 0.6) is 0 Å². The Kier molecular flexibility index (Phi) is 4.39. The third-order valence-electron chi connectivity index (χ3n) is 3.34. The van der Waals surface area contributed by atoms with Crippen LogP contribution in [-0.4, -0.2) is 50.8 Å². The van der Waals surface area contributed by atoms with Crippen molar-refractivity contribution >= 4 is 15.7 Å². The maximum Gasteiger partial charge on any atom is 0.254 e. The van der Waals surface area contributed by atoms with Gasteiger partial charge in [0.1, 0.15) is 0 Å². The van der Waals surface area contributed by atoms with Gasteiger partial charge in [-0.3, -0.25) is 4.79 Å². The van der Waals surface area contributed by atoms with Crippen LogP contribution in [0, 0.1) is 0 Å². The molecule has 0 spiro atoms. The maximum absolute atomic E-state index is 12.4. The molecule has 0 saturated carbocycles. The summed E-state index contributed by atoms with van der Waals surface area (Å²) < 4.78 is 28.1. The molecule has 1 heterocycles. The van der Waals surface area contributed by atoms with Crippen molar-refractivity contribution in [1.29, 1.82) is 0 Å². The summed E-state index contributed by atoms with van der Waals surface area (Å²) in [5.41, 5.74) is 0.936. The van der Waals surface area contributed by atoms with Gasteiger partial charge in [-0.1, -0.05) is 12.1 Å². The molecule has 2 rings (SSSR count). The Bertz CT molecular complexity index is 620. The monoisotopic (exact) mass is 311 g/mol. The van der Waals surface area contributed by atoms with Crippen molar-refractivity contribution in [2.24, 2.45) is 0 Å². The number of ether oxygens (including phenoxy) is 1. The molecule has 21 heavy (non-hydrogen) atoms. The molecule has 1 fully saturated rings. The van der Waals surface area contributed by atoms with Gasteiger partial charge in [0, 0.05) is 24.9 Å². The first kappa shape index (κ1) is 16.0. The van der Waals surface area contributed by atoms with Crippen molar-refractivity contribution in [1.82, 2.24) is 4.90 Å². The fourth-order valence-electron chi connectivity index (χ4n) is 2.42. The highest BCUT2D eigenvalue weighted by Crippen LogP contribution is 2.19. The summed E-state index contributed by atoms with van der Waals surface area (Å²) in [6.07, 6.45) is 1.20. The second-order valence-corrected chi connectivity index (χ2v) is 8.24. The van der Waals surface area contributed by atoms with E-state index in [4.69, 9.17) is 4.74 Å². The first-order valence-corrected chi connectivity index (χ1v) is 8.92. The van der Waals surface area contributed by atoms with Crippen LogP contribution in [0.2, 0.25) is 0 Å². The van der Waals surface area contributed by atoms with Crippen molar-refractivity contribution < 1.29 is 17.9 Å². The third kappa shape index (κ3) is 4.54. The predicted molar refractivity (Wildman–Crippen MR) is 80.9 cm³/mol. The fourth-order valence-corrected chi connectivity index (χ4v) is 3.22. The van der Waals surface area contributed by atoms with Gasteiger partial charge in [-0.15, -0.1) is 0 Å². The van der Waals surface area contributed by atoms with Crippen LogP contribution in [0.1, 0.15) is 29.8 Å². The summed E-state index contributed by atoms with van der Waals surface area (Å²) >= 11 is 0. The van der Waals surface area contributed by atoms with Crippen LogP contribution in [-0.2, 0) is 20.3 Å².